The number of rotatable bonds is 5. The molecule has 21 heavy (non-hydrogen) atoms. The molecule has 7 heteroatoms. The van der Waals surface area contributed by atoms with Gasteiger partial charge in [-0.3, -0.25) is 4.98 Å². The van der Waals surface area contributed by atoms with Gasteiger partial charge < -0.3 is 21.5 Å². The zero-order valence-corrected chi connectivity index (χ0v) is 11.9. The Kier molecular flexibility index (Phi) is 4.68. The minimum absolute atomic E-state index is 0.0713. The Bertz CT molecular complexity index is 661. The number of hydrogen-bond acceptors (Lipinski definition) is 4. The second-order valence-electron chi connectivity index (χ2n) is 4.27. The lowest BCUT2D eigenvalue weighted by atomic mass is 10.1. The van der Waals surface area contributed by atoms with Crippen molar-refractivity contribution in [1.82, 2.24) is 4.98 Å². The first kappa shape index (κ1) is 14.7. The zero-order chi connectivity index (χ0) is 15.2. The molecule has 0 saturated heterocycles. The van der Waals surface area contributed by atoms with Crippen LogP contribution in [0.4, 0.5) is 11.4 Å². The number of carboxylic acids is 1. The van der Waals surface area contributed by atoms with Crippen molar-refractivity contribution < 1.29 is 9.90 Å². The average Bonchev–Trinajstić information content (AvgIpc) is 2.46. The van der Waals surface area contributed by atoms with Crippen molar-refractivity contribution in [2.24, 2.45) is 5.73 Å². The molecule has 6 nitrogen and oxygen atoms in total. The van der Waals surface area contributed by atoms with E-state index in [4.69, 9.17) is 23.1 Å². The van der Waals surface area contributed by atoms with Gasteiger partial charge in [0.25, 0.3) is 0 Å². The fraction of sp³-hybridized carbons (Fsp3) is 0.0714. The van der Waals surface area contributed by atoms with E-state index in [1.807, 2.05) is 12.1 Å². The molecule has 0 aliphatic rings. The standard InChI is InChI=1S/C14H14N4O2S/c15-14(21)18-12-6-10(13(19)20)3-4-11(12)17-8-9-2-1-5-16-7-9/h1-7,17H,8H2,(H,19,20)(H3,15,18,21). The number of pyridine rings is 1. The van der Waals surface area contributed by atoms with Gasteiger partial charge in [-0.2, -0.15) is 0 Å². The molecule has 0 fully saturated rings. The summed E-state index contributed by atoms with van der Waals surface area (Å²) >= 11 is 4.81. The molecular formula is C14H14N4O2S. The van der Waals surface area contributed by atoms with E-state index in [1.54, 1.807) is 18.5 Å². The van der Waals surface area contributed by atoms with E-state index in [0.29, 0.717) is 17.9 Å². The summed E-state index contributed by atoms with van der Waals surface area (Å²) in [7, 11) is 0. The number of nitrogens with one attached hydrogen (secondary N) is 2. The summed E-state index contributed by atoms with van der Waals surface area (Å²) in [5.41, 5.74) is 7.84. The fourth-order valence-corrected chi connectivity index (χ4v) is 1.88. The molecule has 0 aliphatic heterocycles. The van der Waals surface area contributed by atoms with Crippen molar-refractivity contribution in [3.63, 3.8) is 0 Å². The summed E-state index contributed by atoms with van der Waals surface area (Å²) in [6.07, 6.45) is 3.45. The number of nitrogens with zero attached hydrogens (tertiary/aromatic N) is 1. The largest absolute Gasteiger partial charge is 0.478 e. The number of aromatic nitrogens is 1. The van der Waals surface area contributed by atoms with E-state index in [2.05, 4.69) is 15.6 Å². The van der Waals surface area contributed by atoms with Gasteiger partial charge in [-0.05, 0) is 42.0 Å². The van der Waals surface area contributed by atoms with Crippen LogP contribution in [0.5, 0.6) is 0 Å². The van der Waals surface area contributed by atoms with Gasteiger partial charge in [0, 0.05) is 18.9 Å². The third-order valence-electron chi connectivity index (χ3n) is 2.73. The normalized spacial score (nSPS) is 9.90. The Morgan fingerprint density at radius 1 is 1.33 bits per heavy atom. The second kappa shape index (κ2) is 6.67. The van der Waals surface area contributed by atoms with Crippen LogP contribution >= 0.6 is 12.2 Å². The van der Waals surface area contributed by atoms with E-state index in [1.165, 1.54) is 12.1 Å². The van der Waals surface area contributed by atoms with E-state index >= 15 is 0 Å². The van der Waals surface area contributed by atoms with Crippen molar-refractivity contribution in [2.75, 3.05) is 10.6 Å². The lowest BCUT2D eigenvalue weighted by Gasteiger charge is -2.14. The van der Waals surface area contributed by atoms with Crippen LogP contribution in [0.3, 0.4) is 0 Å². The molecule has 0 amide bonds. The lowest BCUT2D eigenvalue weighted by molar-refractivity contribution is 0.0697. The topological polar surface area (TPSA) is 100 Å². The zero-order valence-electron chi connectivity index (χ0n) is 11.0. The molecular weight excluding hydrogens is 288 g/mol. The third-order valence-corrected chi connectivity index (χ3v) is 2.83. The Balaban J connectivity index is 2.21. The van der Waals surface area contributed by atoms with Crippen molar-refractivity contribution in [3.8, 4) is 0 Å². The summed E-state index contributed by atoms with van der Waals surface area (Å²) in [5.74, 6) is -1.01. The Morgan fingerprint density at radius 3 is 2.76 bits per heavy atom. The number of nitrogens with two attached hydrogens (primary N) is 1. The smallest absolute Gasteiger partial charge is 0.335 e. The average molecular weight is 302 g/mol. The van der Waals surface area contributed by atoms with Crippen LogP contribution in [0.25, 0.3) is 0 Å². The lowest BCUT2D eigenvalue weighted by Crippen LogP contribution is -2.20. The highest BCUT2D eigenvalue weighted by Crippen LogP contribution is 2.24. The molecule has 1 aromatic carbocycles. The van der Waals surface area contributed by atoms with Crippen molar-refractivity contribution in [1.29, 1.82) is 0 Å². The maximum atomic E-state index is 11.0. The summed E-state index contributed by atoms with van der Waals surface area (Å²) < 4.78 is 0. The SMILES string of the molecule is NC(=S)Nc1cc(C(=O)O)ccc1NCc1cccnc1. The Labute approximate surface area is 127 Å². The van der Waals surface area contributed by atoms with Gasteiger partial charge in [-0.1, -0.05) is 6.07 Å². The summed E-state index contributed by atoms with van der Waals surface area (Å²) in [6, 6.07) is 8.44. The van der Waals surface area contributed by atoms with Gasteiger partial charge in [0.2, 0.25) is 0 Å². The molecule has 0 bridgehead atoms. The molecule has 5 N–H and O–H groups in total. The van der Waals surface area contributed by atoms with Crippen molar-refractivity contribution in [2.45, 2.75) is 6.54 Å². The third kappa shape index (κ3) is 4.15. The Morgan fingerprint density at radius 2 is 2.14 bits per heavy atom. The first-order chi connectivity index (χ1) is 10.1. The van der Waals surface area contributed by atoms with Crippen LogP contribution < -0.4 is 16.4 Å². The molecule has 0 atom stereocenters. The molecule has 108 valence electrons. The van der Waals surface area contributed by atoms with Gasteiger partial charge >= 0.3 is 5.97 Å². The fourth-order valence-electron chi connectivity index (χ4n) is 1.77. The predicted octanol–water partition coefficient (Wildman–Crippen LogP) is 2.05. The molecule has 1 heterocycles. The van der Waals surface area contributed by atoms with E-state index in [0.717, 1.165) is 5.56 Å². The number of anilines is 2. The number of benzene rings is 1. The van der Waals surface area contributed by atoms with Gasteiger partial charge in [0.1, 0.15) is 0 Å². The van der Waals surface area contributed by atoms with Gasteiger partial charge in [0.05, 0.1) is 16.9 Å². The number of aromatic carboxylic acids is 1. The van der Waals surface area contributed by atoms with Gasteiger partial charge in [-0.25, -0.2) is 4.79 Å². The van der Waals surface area contributed by atoms with Gasteiger partial charge in [-0.15, -0.1) is 0 Å². The van der Waals surface area contributed by atoms with Crippen LogP contribution in [0, 0.1) is 0 Å². The van der Waals surface area contributed by atoms with Crippen molar-refractivity contribution in [3.05, 3.63) is 53.9 Å². The number of thiocarbonyl (C=S) groups is 1. The molecule has 2 aromatic rings. The first-order valence-corrected chi connectivity index (χ1v) is 6.53. The molecule has 1 aromatic heterocycles. The van der Waals surface area contributed by atoms with E-state index < -0.39 is 5.97 Å². The van der Waals surface area contributed by atoms with E-state index in [9.17, 15) is 4.79 Å². The minimum atomic E-state index is -1.01. The molecule has 0 aliphatic carbocycles. The van der Waals surface area contributed by atoms with Gasteiger partial charge in [0.15, 0.2) is 5.11 Å². The monoisotopic (exact) mass is 302 g/mol. The first-order valence-electron chi connectivity index (χ1n) is 6.13. The molecule has 0 saturated carbocycles. The maximum Gasteiger partial charge on any atom is 0.335 e. The summed E-state index contributed by atoms with van der Waals surface area (Å²) in [6.45, 7) is 0.548. The van der Waals surface area contributed by atoms with Crippen LogP contribution in [0.1, 0.15) is 15.9 Å². The molecule has 0 unspecified atom stereocenters. The van der Waals surface area contributed by atoms with Crippen LogP contribution in [0.15, 0.2) is 42.7 Å². The number of carbonyl (C=O) groups is 1. The highest BCUT2D eigenvalue weighted by atomic mass is 32.1. The highest BCUT2D eigenvalue weighted by molar-refractivity contribution is 7.80. The summed E-state index contributed by atoms with van der Waals surface area (Å²) in [4.78, 5) is 15.0. The predicted molar refractivity (Wildman–Crippen MR) is 85.4 cm³/mol. The molecule has 2 rings (SSSR count). The number of carboxylic acid groups (broad SMARTS) is 1. The number of hydrogen-bond donors (Lipinski definition) is 4. The van der Waals surface area contributed by atoms with Crippen LogP contribution in [0.2, 0.25) is 0 Å². The molecule has 0 spiro atoms. The Hall–Kier alpha value is -2.67. The maximum absolute atomic E-state index is 11.0. The van der Waals surface area contributed by atoms with Crippen LogP contribution in [-0.4, -0.2) is 21.2 Å². The minimum Gasteiger partial charge on any atom is -0.478 e. The van der Waals surface area contributed by atoms with E-state index in [-0.39, 0.29) is 10.7 Å². The van der Waals surface area contributed by atoms with Crippen LogP contribution in [-0.2, 0) is 6.54 Å². The second-order valence-corrected chi connectivity index (χ2v) is 4.71. The van der Waals surface area contributed by atoms with Crippen molar-refractivity contribution >= 4 is 34.7 Å². The molecule has 0 radical (unpaired) electrons. The summed E-state index contributed by atoms with van der Waals surface area (Å²) in [5, 5.41) is 15.1. The quantitative estimate of drug-likeness (QED) is 0.627. The highest BCUT2D eigenvalue weighted by Gasteiger charge is 2.09.